The van der Waals surface area contributed by atoms with Crippen LogP contribution >= 0.6 is 0 Å². The number of rotatable bonds is 5. The monoisotopic (exact) mass is 340 g/mol. The average molecular weight is 340 g/mol. The van der Waals surface area contributed by atoms with Crippen molar-refractivity contribution in [1.29, 1.82) is 0 Å². The zero-order valence-electron chi connectivity index (χ0n) is 15.5. The van der Waals surface area contributed by atoms with Crippen LogP contribution < -0.4 is 10.1 Å². The number of aryl methyl sites for hydroxylation is 1. The molecule has 1 fully saturated rings. The Balaban J connectivity index is 1.71. The fraction of sp³-hybridized carbons (Fsp3) is 0.476. The molecule has 134 valence electrons. The molecule has 0 spiro atoms. The molecule has 1 aromatic heterocycles. The van der Waals surface area contributed by atoms with E-state index < -0.39 is 0 Å². The van der Waals surface area contributed by atoms with Crippen molar-refractivity contribution in [3.05, 3.63) is 52.8 Å². The van der Waals surface area contributed by atoms with Crippen LogP contribution in [0.5, 0.6) is 5.75 Å². The van der Waals surface area contributed by atoms with Crippen LogP contribution in [0.15, 0.2) is 30.3 Å². The highest BCUT2D eigenvalue weighted by atomic mass is 16.5. The highest BCUT2D eigenvalue weighted by Crippen LogP contribution is 2.32. The predicted octanol–water partition coefficient (Wildman–Crippen LogP) is 4.55. The summed E-state index contributed by atoms with van der Waals surface area (Å²) in [5.74, 6) is 0.806. The van der Waals surface area contributed by atoms with Crippen LogP contribution in [0.25, 0.3) is 0 Å². The van der Waals surface area contributed by atoms with E-state index in [2.05, 4.69) is 23.7 Å². The number of carbonyl (C=O) groups is 1. The number of methoxy groups -OCH3 is 1. The lowest BCUT2D eigenvalue weighted by Crippen LogP contribution is -2.24. The molecule has 3 rings (SSSR count). The largest absolute Gasteiger partial charge is 0.497 e. The molecule has 1 amide bonds. The number of amides is 1. The molecule has 1 N–H and O–H groups in total. The average Bonchev–Trinajstić information content (AvgIpc) is 2.95. The van der Waals surface area contributed by atoms with Crippen molar-refractivity contribution in [2.45, 2.75) is 58.5 Å². The lowest BCUT2D eigenvalue weighted by atomic mass is 9.95. The van der Waals surface area contributed by atoms with E-state index in [0.717, 1.165) is 22.6 Å². The van der Waals surface area contributed by atoms with Crippen LogP contribution in [0.2, 0.25) is 0 Å². The molecular formula is C21H28N2O2. The number of hydrogen-bond acceptors (Lipinski definition) is 2. The Bertz CT molecular complexity index is 742. The maximum absolute atomic E-state index is 12.7. The molecule has 1 saturated carbocycles. The third-order valence-electron chi connectivity index (χ3n) is 5.26. The third-order valence-corrected chi connectivity index (χ3v) is 5.26. The number of nitrogens with one attached hydrogen (secondary N) is 1. The van der Waals surface area contributed by atoms with Gasteiger partial charge in [-0.05, 0) is 50.5 Å². The van der Waals surface area contributed by atoms with E-state index in [0.29, 0.717) is 12.6 Å². The first-order valence-electron chi connectivity index (χ1n) is 9.19. The molecular weight excluding hydrogens is 312 g/mol. The number of benzene rings is 1. The van der Waals surface area contributed by atoms with Crippen molar-refractivity contribution >= 4 is 5.91 Å². The Morgan fingerprint density at radius 2 is 1.96 bits per heavy atom. The molecule has 1 heterocycles. The highest BCUT2D eigenvalue weighted by Gasteiger charge is 2.22. The summed E-state index contributed by atoms with van der Waals surface area (Å²) in [6.07, 6.45) is 6.37. The summed E-state index contributed by atoms with van der Waals surface area (Å²) >= 11 is 0. The van der Waals surface area contributed by atoms with Crippen LogP contribution in [0.1, 0.15) is 65.5 Å². The summed E-state index contributed by atoms with van der Waals surface area (Å²) in [5, 5.41) is 3.04. The second kappa shape index (κ2) is 7.77. The van der Waals surface area contributed by atoms with E-state index in [4.69, 9.17) is 4.74 Å². The van der Waals surface area contributed by atoms with Crippen molar-refractivity contribution in [1.82, 2.24) is 9.88 Å². The van der Waals surface area contributed by atoms with Crippen LogP contribution in [0.3, 0.4) is 0 Å². The van der Waals surface area contributed by atoms with E-state index in [1.165, 1.54) is 37.8 Å². The van der Waals surface area contributed by atoms with Gasteiger partial charge in [0.2, 0.25) is 0 Å². The third kappa shape index (κ3) is 3.89. The first-order valence-corrected chi connectivity index (χ1v) is 9.19. The molecule has 0 saturated heterocycles. The minimum Gasteiger partial charge on any atom is -0.497 e. The van der Waals surface area contributed by atoms with Gasteiger partial charge in [0, 0.05) is 24.0 Å². The van der Waals surface area contributed by atoms with Gasteiger partial charge in [-0.25, -0.2) is 0 Å². The summed E-state index contributed by atoms with van der Waals surface area (Å²) in [6, 6.07) is 10.4. The van der Waals surface area contributed by atoms with Crippen LogP contribution in [-0.2, 0) is 6.54 Å². The molecule has 4 nitrogen and oxygen atoms in total. The van der Waals surface area contributed by atoms with Gasteiger partial charge < -0.3 is 14.6 Å². The smallest absolute Gasteiger partial charge is 0.253 e. The number of hydrogen-bond donors (Lipinski definition) is 1. The molecule has 4 heteroatoms. The minimum absolute atomic E-state index is 0.00187. The normalized spacial score (nSPS) is 15.2. The second-order valence-corrected chi connectivity index (χ2v) is 6.98. The van der Waals surface area contributed by atoms with Gasteiger partial charge in [-0.2, -0.15) is 0 Å². The molecule has 0 radical (unpaired) electrons. The van der Waals surface area contributed by atoms with Crippen molar-refractivity contribution in [3.63, 3.8) is 0 Å². The fourth-order valence-electron chi connectivity index (χ4n) is 3.97. The predicted molar refractivity (Wildman–Crippen MR) is 100 cm³/mol. The first-order chi connectivity index (χ1) is 12.1. The van der Waals surface area contributed by atoms with Gasteiger partial charge in [0.1, 0.15) is 5.75 Å². The highest BCUT2D eigenvalue weighted by molar-refractivity contribution is 5.95. The van der Waals surface area contributed by atoms with Crippen LogP contribution in [0, 0.1) is 13.8 Å². The zero-order valence-corrected chi connectivity index (χ0v) is 15.5. The number of aromatic nitrogens is 1. The molecule has 25 heavy (non-hydrogen) atoms. The fourth-order valence-corrected chi connectivity index (χ4v) is 3.97. The van der Waals surface area contributed by atoms with Crippen molar-refractivity contribution in [2.24, 2.45) is 0 Å². The molecule has 0 atom stereocenters. The van der Waals surface area contributed by atoms with E-state index >= 15 is 0 Å². The summed E-state index contributed by atoms with van der Waals surface area (Å²) in [6.45, 7) is 4.69. The van der Waals surface area contributed by atoms with Crippen molar-refractivity contribution < 1.29 is 9.53 Å². The minimum atomic E-state index is -0.00187. The molecule has 1 aliphatic carbocycles. The lowest BCUT2D eigenvalue weighted by molar-refractivity contribution is 0.0950. The molecule has 2 aromatic rings. The Morgan fingerprint density at radius 3 is 2.68 bits per heavy atom. The molecule has 1 aliphatic rings. The van der Waals surface area contributed by atoms with Gasteiger partial charge in [0.25, 0.3) is 5.91 Å². The maximum Gasteiger partial charge on any atom is 0.253 e. The van der Waals surface area contributed by atoms with Crippen LogP contribution in [0.4, 0.5) is 0 Å². The van der Waals surface area contributed by atoms with Gasteiger partial charge in [0.05, 0.1) is 12.7 Å². The summed E-state index contributed by atoms with van der Waals surface area (Å²) < 4.78 is 7.61. The zero-order chi connectivity index (χ0) is 17.8. The topological polar surface area (TPSA) is 43.3 Å². The Labute approximate surface area is 150 Å². The maximum atomic E-state index is 12.7. The van der Waals surface area contributed by atoms with Gasteiger partial charge >= 0.3 is 0 Å². The molecule has 0 unspecified atom stereocenters. The van der Waals surface area contributed by atoms with Crippen molar-refractivity contribution in [3.8, 4) is 5.75 Å². The summed E-state index contributed by atoms with van der Waals surface area (Å²) in [5.41, 5.74) is 4.11. The van der Waals surface area contributed by atoms with Gasteiger partial charge in [-0.15, -0.1) is 0 Å². The standard InChI is InChI=1S/C21H28N2O2/c1-15-12-20(16(2)23(15)18-9-5-4-6-10-18)21(24)22-14-17-8-7-11-19(13-17)25-3/h7-8,11-13,18H,4-6,9-10,14H2,1-3H3,(H,22,24). The molecule has 0 bridgehead atoms. The lowest BCUT2D eigenvalue weighted by Gasteiger charge is -2.26. The Morgan fingerprint density at radius 1 is 1.20 bits per heavy atom. The molecule has 0 aliphatic heterocycles. The Kier molecular flexibility index (Phi) is 5.47. The van der Waals surface area contributed by atoms with Crippen molar-refractivity contribution in [2.75, 3.05) is 7.11 Å². The molecule has 1 aromatic carbocycles. The van der Waals surface area contributed by atoms with E-state index in [1.807, 2.05) is 30.3 Å². The summed E-state index contributed by atoms with van der Waals surface area (Å²) in [7, 11) is 1.65. The van der Waals surface area contributed by atoms with E-state index in [1.54, 1.807) is 7.11 Å². The van der Waals surface area contributed by atoms with Crippen LogP contribution in [-0.4, -0.2) is 17.6 Å². The van der Waals surface area contributed by atoms with Gasteiger partial charge in [0.15, 0.2) is 0 Å². The van der Waals surface area contributed by atoms with Gasteiger partial charge in [-0.3, -0.25) is 4.79 Å². The second-order valence-electron chi connectivity index (χ2n) is 6.98. The van der Waals surface area contributed by atoms with E-state index in [-0.39, 0.29) is 5.91 Å². The van der Waals surface area contributed by atoms with Gasteiger partial charge in [-0.1, -0.05) is 31.4 Å². The first kappa shape index (κ1) is 17.6. The number of carbonyl (C=O) groups excluding carboxylic acids is 1. The Hall–Kier alpha value is -2.23. The summed E-state index contributed by atoms with van der Waals surface area (Å²) in [4.78, 5) is 12.7. The SMILES string of the molecule is COc1cccc(CNC(=O)c2cc(C)n(C3CCCCC3)c2C)c1. The van der Waals surface area contributed by atoms with E-state index in [9.17, 15) is 4.79 Å². The quantitative estimate of drug-likeness (QED) is 0.868. The number of ether oxygens (including phenoxy) is 1. The number of nitrogens with zero attached hydrogens (tertiary/aromatic N) is 1.